The smallest absolute Gasteiger partial charge is 0.387 e. The van der Waals surface area contributed by atoms with Crippen LogP contribution in [0.25, 0.3) is 0 Å². The molecule has 0 aromatic heterocycles. The van der Waals surface area contributed by atoms with Crippen LogP contribution in [0.4, 0.5) is 8.78 Å². The molecule has 1 aromatic carbocycles. The maximum absolute atomic E-state index is 12.0. The third kappa shape index (κ3) is 2.25. The summed E-state index contributed by atoms with van der Waals surface area (Å²) >= 11 is 0. The predicted molar refractivity (Wildman–Crippen MR) is 49.5 cm³/mol. The van der Waals surface area contributed by atoms with Gasteiger partial charge in [-0.25, -0.2) is 4.79 Å². The van der Waals surface area contributed by atoms with E-state index in [0.717, 1.165) is 6.07 Å². The van der Waals surface area contributed by atoms with Crippen LogP contribution in [0.2, 0.25) is 0 Å². The van der Waals surface area contributed by atoms with Gasteiger partial charge >= 0.3 is 12.6 Å². The second-order valence-electron chi connectivity index (χ2n) is 2.93. The molecule has 0 fully saturated rings. The maximum atomic E-state index is 12.0. The molecular formula is C10H7F2NO3. The highest BCUT2D eigenvalue weighted by molar-refractivity contribution is 5.93. The average molecular weight is 227 g/mol. The molecule has 0 atom stereocenters. The van der Waals surface area contributed by atoms with Gasteiger partial charge in [0.2, 0.25) is 0 Å². The molecule has 0 saturated heterocycles. The second-order valence-corrected chi connectivity index (χ2v) is 2.93. The molecule has 84 valence electrons. The molecule has 4 nitrogen and oxygen atoms in total. The van der Waals surface area contributed by atoms with Gasteiger partial charge in [-0.1, -0.05) is 6.07 Å². The monoisotopic (exact) mass is 227 g/mol. The summed E-state index contributed by atoms with van der Waals surface area (Å²) in [5.41, 5.74) is -0.404. The minimum absolute atomic E-state index is 0.311. The summed E-state index contributed by atoms with van der Waals surface area (Å²) in [6, 6.07) is 4.01. The van der Waals surface area contributed by atoms with Crippen molar-refractivity contribution in [3.8, 4) is 11.8 Å². The molecule has 1 N–H and O–H groups in total. The van der Waals surface area contributed by atoms with E-state index in [1.165, 1.54) is 13.0 Å². The molecular weight excluding hydrogens is 220 g/mol. The first kappa shape index (κ1) is 11.9. The summed E-state index contributed by atoms with van der Waals surface area (Å²) in [5.74, 6) is -1.78. The standard InChI is InChI=1S/C10H7F2NO3/c1-5-2-3-7(16-10(11)12)6(4-13)8(5)9(14)15/h2-3,10H,1H3,(H,14,15). The minimum atomic E-state index is -3.10. The molecule has 0 amide bonds. The Morgan fingerprint density at radius 1 is 1.56 bits per heavy atom. The lowest BCUT2D eigenvalue weighted by Gasteiger charge is -2.09. The Morgan fingerprint density at radius 2 is 2.19 bits per heavy atom. The molecule has 0 aliphatic rings. The van der Waals surface area contributed by atoms with Crippen molar-refractivity contribution < 1.29 is 23.4 Å². The normalized spacial score (nSPS) is 9.94. The van der Waals surface area contributed by atoms with E-state index in [0.29, 0.717) is 5.56 Å². The zero-order chi connectivity index (χ0) is 12.3. The molecule has 0 bridgehead atoms. The van der Waals surface area contributed by atoms with Gasteiger partial charge < -0.3 is 9.84 Å². The van der Waals surface area contributed by atoms with Crippen molar-refractivity contribution in [3.63, 3.8) is 0 Å². The zero-order valence-corrected chi connectivity index (χ0v) is 8.20. The van der Waals surface area contributed by atoms with Crippen LogP contribution in [0.5, 0.6) is 5.75 Å². The number of nitrogens with zero attached hydrogens (tertiary/aromatic N) is 1. The predicted octanol–water partition coefficient (Wildman–Crippen LogP) is 2.17. The number of hydrogen-bond donors (Lipinski definition) is 1. The number of carboxylic acid groups (broad SMARTS) is 1. The SMILES string of the molecule is Cc1ccc(OC(F)F)c(C#N)c1C(=O)O. The van der Waals surface area contributed by atoms with Crippen molar-refractivity contribution in [2.24, 2.45) is 0 Å². The van der Waals surface area contributed by atoms with E-state index in [1.807, 2.05) is 0 Å². The van der Waals surface area contributed by atoms with E-state index >= 15 is 0 Å². The molecule has 0 saturated carbocycles. The highest BCUT2D eigenvalue weighted by atomic mass is 19.3. The summed E-state index contributed by atoms with van der Waals surface area (Å²) in [5, 5.41) is 17.6. The molecule has 0 unspecified atom stereocenters. The minimum Gasteiger partial charge on any atom is -0.478 e. The molecule has 0 aliphatic heterocycles. The van der Waals surface area contributed by atoms with Crippen LogP contribution in [0.1, 0.15) is 21.5 Å². The van der Waals surface area contributed by atoms with Crippen molar-refractivity contribution in [1.29, 1.82) is 5.26 Å². The number of halogens is 2. The van der Waals surface area contributed by atoms with Gasteiger partial charge in [0.1, 0.15) is 17.4 Å². The summed E-state index contributed by atoms with van der Waals surface area (Å²) in [4.78, 5) is 10.8. The van der Waals surface area contributed by atoms with E-state index in [2.05, 4.69) is 4.74 Å². The topological polar surface area (TPSA) is 70.3 Å². The first-order valence-electron chi connectivity index (χ1n) is 4.19. The fourth-order valence-electron chi connectivity index (χ4n) is 1.27. The number of benzene rings is 1. The number of rotatable bonds is 3. The lowest BCUT2D eigenvalue weighted by Crippen LogP contribution is -2.09. The average Bonchev–Trinajstić information content (AvgIpc) is 2.18. The number of ether oxygens (including phenoxy) is 1. The number of alkyl halides is 2. The zero-order valence-electron chi connectivity index (χ0n) is 8.20. The molecule has 1 rings (SSSR count). The number of carbonyl (C=O) groups is 1. The highest BCUT2D eigenvalue weighted by Crippen LogP contribution is 2.26. The van der Waals surface area contributed by atoms with E-state index < -0.39 is 23.9 Å². The fourth-order valence-corrected chi connectivity index (χ4v) is 1.27. The number of aromatic carboxylic acids is 1. The van der Waals surface area contributed by atoms with E-state index in [9.17, 15) is 13.6 Å². The molecule has 16 heavy (non-hydrogen) atoms. The van der Waals surface area contributed by atoms with Crippen molar-refractivity contribution in [2.75, 3.05) is 0 Å². The first-order chi connectivity index (χ1) is 7.47. The van der Waals surface area contributed by atoms with Gasteiger partial charge in [-0.05, 0) is 18.6 Å². The van der Waals surface area contributed by atoms with Gasteiger partial charge in [-0.3, -0.25) is 0 Å². The van der Waals surface area contributed by atoms with Gasteiger partial charge in [0.15, 0.2) is 0 Å². The molecule has 6 heteroatoms. The molecule has 0 spiro atoms. The van der Waals surface area contributed by atoms with Crippen LogP contribution in [0, 0.1) is 18.3 Å². The largest absolute Gasteiger partial charge is 0.478 e. The van der Waals surface area contributed by atoms with Crippen molar-refractivity contribution in [3.05, 3.63) is 28.8 Å². The maximum Gasteiger partial charge on any atom is 0.387 e. The van der Waals surface area contributed by atoms with Crippen LogP contribution in [0.15, 0.2) is 12.1 Å². The van der Waals surface area contributed by atoms with Crippen LogP contribution >= 0.6 is 0 Å². The summed E-state index contributed by atoms with van der Waals surface area (Å²) < 4.78 is 28.0. The molecule has 1 aromatic rings. The first-order valence-corrected chi connectivity index (χ1v) is 4.19. The Morgan fingerprint density at radius 3 is 2.62 bits per heavy atom. The Labute approximate surface area is 89.7 Å². The lowest BCUT2D eigenvalue weighted by molar-refractivity contribution is -0.0501. The van der Waals surface area contributed by atoms with Gasteiger partial charge in [0.25, 0.3) is 0 Å². The van der Waals surface area contributed by atoms with Crippen LogP contribution in [0.3, 0.4) is 0 Å². The van der Waals surface area contributed by atoms with E-state index in [-0.39, 0.29) is 5.56 Å². The van der Waals surface area contributed by atoms with E-state index in [4.69, 9.17) is 10.4 Å². The Bertz CT molecular complexity index is 466. The number of carboxylic acids is 1. The molecule has 0 radical (unpaired) electrons. The van der Waals surface area contributed by atoms with Crippen molar-refractivity contribution >= 4 is 5.97 Å². The molecule has 0 heterocycles. The molecule has 0 aliphatic carbocycles. The van der Waals surface area contributed by atoms with E-state index in [1.54, 1.807) is 6.07 Å². The van der Waals surface area contributed by atoms with Crippen LogP contribution < -0.4 is 4.74 Å². The van der Waals surface area contributed by atoms with Crippen LogP contribution in [-0.4, -0.2) is 17.7 Å². The quantitative estimate of drug-likeness (QED) is 0.858. The summed E-state index contributed by atoms with van der Waals surface area (Å²) in [7, 11) is 0. The Hall–Kier alpha value is -2.16. The van der Waals surface area contributed by atoms with Gasteiger partial charge in [0.05, 0.1) is 5.56 Å². The third-order valence-electron chi connectivity index (χ3n) is 1.92. The lowest BCUT2D eigenvalue weighted by atomic mass is 10.0. The number of hydrogen-bond acceptors (Lipinski definition) is 3. The van der Waals surface area contributed by atoms with Gasteiger partial charge in [-0.15, -0.1) is 0 Å². The van der Waals surface area contributed by atoms with Crippen LogP contribution in [-0.2, 0) is 0 Å². The van der Waals surface area contributed by atoms with Crippen molar-refractivity contribution in [2.45, 2.75) is 13.5 Å². The highest BCUT2D eigenvalue weighted by Gasteiger charge is 2.19. The van der Waals surface area contributed by atoms with Gasteiger partial charge in [0, 0.05) is 0 Å². The summed E-state index contributed by atoms with van der Waals surface area (Å²) in [6.45, 7) is -1.63. The summed E-state index contributed by atoms with van der Waals surface area (Å²) in [6.07, 6.45) is 0. The Kier molecular flexibility index (Phi) is 3.40. The van der Waals surface area contributed by atoms with Crippen molar-refractivity contribution in [1.82, 2.24) is 0 Å². The number of nitriles is 1. The third-order valence-corrected chi connectivity index (χ3v) is 1.92. The fraction of sp³-hybridized carbons (Fsp3) is 0.200. The number of aryl methyl sites for hydroxylation is 1. The second kappa shape index (κ2) is 4.57. The Balaban J connectivity index is 3.38. The van der Waals surface area contributed by atoms with Gasteiger partial charge in [-0.2, -0.15) is 14.0 Å².